The van der Waals surface area contributed by atoms with Gasteiger partial charge in [-0.05, 0) is 30.3 Å². The van der Waals surface area contributed by atoms with Gasteiger partial charge in [0.1, 0.15) is 0 Å². The zero-order valence-corrected chi connectivity index (χ0v) is 14.5. The molecule has 1 aromatic carbocycles. The van der Waals surface area contributed by atoms with Crippen molar-refractivity contribution in [2.45, 2.75) is 0 Å². The Labute approximate surface area is 151 Å². The Bertz CT molecular complexity index is 704. The lowest BCUT2D eigenvalue weighted by Crippen LogP contribution is -2.41. The number of morpholine rings is 1. The third-order valence-corrected chi connectivity index (χ3v) is 4.05. The fourth-order valence-corrected chi connectivity index (χ4v) is 2.67. The Hall–Kier alpha value is -2.22. The molecule has 0 spiro atoms. The predicted molar refractivity (Wildman–Crippen MR) is 96.4 cm³/mol. The van der Waals surface area contributed by atoms with E-state index in [0.717, 1.165) is 38.5 Å². The van der Waals surface area contributed by atoms with E-state index in [2.05, 4.69) is 25.7 Å². The number of carbonyl (C=O) groups is 1. The Kier molecular flexibility index (Phi) is 6.16. The normalized spacial score (nSPS) is 14.9. The number of benzene rings is 1. The van der Waals surface area contributed by atoms with Crippen molar-refractivity contribution in [3.8, 4) is 0 Å². The highest BCUT2D eigenvalue weighted by Gasteiger charge is 2.12. The first-order valence-corrected chi connectivity index (χ1v) is 8.53. The van der Waals surface area contributed by atoms with Gasteiger partial charge >= 0.3 is 0 Å². The van der Waals surface area contributed by atoms with E-state index >= 15 is 0 Å². The topological polar surface area (TPSA) is 79.4 Å². The molecule has 132 valence electrons. The highest BCUT2D eigenvalue weighted by molar-refractivity contribution is 6.30. The summed E-state index contributed by atoms with van der Waals surface area (Å²) in [6.07, 6.45) is 0. The first-order chi connectivity index (χ1) is 12.2. The second-order valence-electron chi connectivity index (χ2n) is 5.65. The lowest BCUT2D eigenvalue weighted by Gasteiger charge is -2.26. The lowest BCUT2D eigenvalue weighted by molar-refractivity contribution is 0.0383. The fraction of sp³-hybridized carbons (Fsp3) is 0.353. The zero-order chi connectivity index (χ0) is 17.5. The Morgan fingerprint density at radius 3 is 2.76 bits per heavy atom. The molecule has 0 atom stereocenters. The number of nitrogens with one attached hydrogen (secondary N) is 2. The van der Waals surface area contributed by atoms with Crippen molar-refractivity contribution in [3.63, 3.8) is 0 Å². The quantitative estimate of drug-likeness (QED) is 0.818. The first-order valence-electron chi connectivity index (χ1n) is 8.15. The van der Waals surface area contributed by atoms with Crippen molar-refractivity contribution in [2.75, 3.05) is 44.7 Å². The number of aromatic nitrogens is 2. The standard InChI is InChI=1S/C17H20ClN5O2/c18-13-2-1-3-14(12-13)20-16-5-4-15(21-22-16)17(24)19-6-7-23-8-10-25-11-9-23/h1-5,12H,6-11H2,(H,19,24)(H,20,22). The largest absolute Gasteiger partial charge is 0.379 e. The molecular formula is C17H20ClN5O2. The van der Waals surface area contributed by atoms with Crippen LogP contribution in [-0.4, -0.2) is 60.4 Å². The van der Waals surface area contributed by atoms with Crippen LogP contribution in [0.2, 0.25) is 5.02 Å². The second-order valence-corrected chi connectivity index (χ2v) is 6.09. The number of hydrogen-bond acceptors (Lipinski definition) is 6. The molecular weight excluding hydrogens is 342 g/mol. The van der Waals surface area contributed by atoms with E-state index in [1.54, 1.807) is 24.3 Å². The Morgan fingerprint density at radius 1 is 1.20 bits per heavy atom. The SMILES string of the molecule is O=C(NCCN1CCOCC1)c1ccc(Nc2cccc(Cl)c2)nn1. The summed E-state index contributed by atoms with van der Waals surface area (Å²) in [6.45, 7) is 4.68. The summed E-state index contributed by atoms with van der Waals surface area (Å²) in [5.74, 6) is 0.321. The van der Waals surface area contributed by atoms with Crippen LogP contribution in [0, 0.1) is 0 Å². The average molecular weight is 362 g/mol. The molecule has 2 heterocycles. The number of nitrogens with zero attached hydrogens (tertiary/aromatic N) is 3. The molecule has 25 heavy (non-hydrogen) atoms. The van der Waals surface area contributed by atoms with Crippen LogP contribution in [0.1, 0.15) is 10.5 Å². The van der Waals surface area contributed by atoms with Gasteiger partial charge in [-0.25, -0.2) is 0 Å². The van der Waals surface area contributed by atoms with Gasteiger partial charge < -0.3 is 15.4 Å². The number of anilines is 2. The highest BCUT2D eigenvalue weighted by Crippen LogP contribution is 2.18. The zero-order valence-electron chi connectivity index (χ0n) is 13.7. The van der Waals surface area contributed by atoms with Gasteiger partial charge in [0.2, 0.25) is 0 Å². The Morgan fingerprint density at radius 2 is 2.04 bits per heavy atom. The smallest absolute Gasteiger partial charge is 0.271 e. The van der Waals surface area contributed by atoms with E-state index in [-0.39, 0.29) is 5.91 Å². The van der Waals surface area contributed by atoms with Crippen LogP contribution in [0.4, 0.5) is 11.5 Å². The van der Waals surface area contributed by atoms with E-state index in [1.165, 1.54) is 0 Å². The summed E-state index contributed by atoms with van der Waals surface area (Å²) in [6, 6.07) is 10.7. The van der Waals surface area contributed by atoms with Crippen molar-refractivity contribution >= 4 is 29.0 Å². The predicted octanol–water partition coefficient (Wildman–Crippen LogP) is 1.94. The maximum Gasteiger partial charge on any atom is 0.271 e. The summed E-state index contributed by atoms with van der Waals surface area (Å²) in [7, 11) is 0. The van der Waals surface area contributed by atoms with E-state index in [1.807, 2.05) is 12.1 Å². The lowest BCUT2D eigenvalue weighted by atomic mass is 10.3. The van der Waals surface area contributed by atoms with Crippen LogP contribution in [0.25, 0.3) is 0 Å². The number of hydrogen-bond donors (Lipinski definition) is 2. The van der Waals surface area contributed by atoms with E-state index in [0.29, 0.717) is 23.1 Å². The monoisotopic (exact) mass is 361 g/mol. The number of halogens is 1. The molecule has 1 aliphatic rings. The molecule has 1 fully saturated rings. The molecule has 0 bridgehead atoms. The summed E-state index contributed by atoms with van der Waals surface area (Å²) in [4.78, 5) is 14.4. The van der Waals surface area contributed by atoms with Crippen molar-refractivity contribution in [1.29, 1.82) is 0 Å². The van der Waals surface area contributed by atoms with Crippen LogP contribution in [0.5, 0.6) is 0 Å². The van der Waals surface area contributed by atoms with Crippen LogP contribution < -0.4 is 10.6 Å². The molecule has 1 amide bonds. The molecule has 0 saturated carbocycles. The van der Waals surface area contributed by atoms with Crippen LogP contribution in [0.3, 0.4) is 0 Å². The number of carbonyl (C=O) groups excluding carboxylic acids is 1. The summed E-state index contributed by atoms with van der Waals surface area (Å²) < 4.78 is 5.30. The molecule has 2 aromatic rings. The minimum absolute atomic E-state index is 0.227. The number of ether oxygens (including phenoxy) is 1. The van der Waals surface area contributed by atoms with E-state index in [4.69, 9.17) is 16.3 Å². The van der Waals surface area contributed by atoms with Gasteiger partial charge in [-0.1, -0.05) is 17.7 Å². The molecule has 0 unspecified atom stereocenters. The maximum absolute atomic E-state index is 12.1. The third-order valence-electron chi connectivity index (χ3n) is 3.81. The van der Waals surface area contributed by atoms with Gasteiger partial charge in [0.05, 0.1) is 13.2 Å². The summed E-state index contributed by atoms with van der Waals surface area (Å²) >= 11 is 5.94. The first kappa shape index (κ1) is 17.6. The summed E-state index contributed by atoms with van der Waals surface area (Å²) in [5, 5.41) is 14.6. The molecule has 7 nitrogen and oxygen atoms in total. The fourth-order valence-electron chi connectivity index (χ4n) is 2.48. The van der Waals surface area contributed by atoms with Crippen molar-refractivity contribution < 1.29 is 9.53 Å². The summed E-state index contributed by atoms with van der Waals surface area (Å²) in [5.41, 5.74) is 1.10. The molecule has 1 saturated heterocycles. The number of amides is 1. The van der Waals surface area contributed by atoms with Gasteiger partial charge in [-0.15, -0.1) is 10.2 Å². The highest BCUT2D eigenvalue weighted by atomic mass is 35.5. The maximum atomic E-state index is 12.1. The van der Waals surface area contributed by atoms with Crippen molar-refractivity contribution in [3.05, 3.63) is 47.1 Å². The average Bonchev–Trinajstić information content (AvgIpc) is 2.63. The number of rotatable bonds is 6. The molecule has 0 radical (unpaired) electrons. The van der Waals surface area contributed by atoms with Gasteiger partial charge in [0, 0.05) is 36.9 Å². The van der Waals surface area contributed by atoms with E-state index < -0.39 is 0 Å². The van der Waals surface area contributed by atoms with Gasteiger partial charge in [0.15, 0.2) is 11.5 Å². The van der Waals surface area contributed by atoms with Gasteiger partial charge in [-0.2, -0.15) is 0 Å². The molecule has 3 rings (SSSR count). The molecule has 0 aliphatic carbocycles. The second kappa shape index (κ2) is 8.75. The van der Waals surface area contributed by atoms with Gasteiger partial charge in [-0.3, -0.25) is 9.69 Å². The van der Waals surface area contributed by atoms with Crippen molar-refractivity contribution in [1.82, 2.24) is 20.4 Å². The molecule has 1 aliphatic heterocycles. The van der Waals surface area contributed by atoms with Crippen molar-refractivity contribution in [2.24, 2.45) is 0 Å². The Balaban J connectivity index is 1.48. The van der Waals surface area contributed by atoms with E-state index in [9.17, 15) is 4.79 Å². The minimum atomic E-state index is -0.227. The third kappa shape index (κ3) is 5.38. The molecule has 8 heteroatoms. The molecule has 2 N–H and O–H groups in total. The van der Waals surface area contributed by atoms with Crippen LogP contribution >= 0.6 is 11.6 Å². The van der Waals surface area contributed by atoms with Gasteiger partial charge in [0.25, 0.3) is 5.91 Å². The minimum Gasteiger partial charge on any atom is -0.379 e. The molecule has 1 aromatic heterocycles. The van der Waals surface area contributed by atoms with Crippen LogP contribution in [0.15, 0.2) is 36.4 Å². The van der Waals surface area contributed by atoms with Crippen LogP contribution in [-0.2, 0) is 4.74 Å².